The molecule has 0 aliphatic carbocycles. The van der Waals surface area contributed by atoms with E-state index in [0.29, 0.717) is 20.1 Å². The highest BCUT2D eigenvalue weighted by molar-refractivity contribution is 6.43. The highest BCUT2D eigenvalue weighted by Crippen LogP contribution is 2.33. The van der Waals surface area contributed by atoms with Crippen molar-refractivity contribution in [2.75, 3.05) is 50.7 Å². The maximum Gasteiger partial charge on any atom is 0.0825 e. The molecule has 0 spiro atoms. The van der Waals surface area contributed by atoms with E-state index in [-0.39, 0.29) is 0 Å². The number of anilines is 1. The molecule has 0 saturated carbocycles. The highest BCUT2D eigenvalue weighted by atomic mass is 35.5. The van der Waals surface area contributed by atoms with Gasteiger partial charge in [0.05, 0.1) is 25.8 Å². The van der Waals surface area contributed by atoms with Gasteiger partial charge in [-0.15, -0.1) is 0 Å². The third-order valence-corrected chi connectivity index (χ3v) is 7.46. The Balaban J connectivity index is 1.22. The predicted molar refractivity (Wildman–Crippen MR) is 125 cm³/mol. The Hall–Kier alpha value is -0.680. The van der Waals surface area contributed by atoms with Crippen LogP contribution in [0.2, 0.25) is 20.1 Å². The van der Waals surface area contributed by atoms with Gasteiger partial charge in [-0.25, -0.2) is 0 Å². The summed E-state index contributed by atoms with van der Waals surface area (Å²) >= 11 is 24.9. The van der Waals surface area contributed by atoms with E-state index in [4.69, 9.17) is 46.4 Å². The number of hydrogen-bond donors (Lipinski definition) is 0. The standard InChI is InChI=1S/C22H25Cl4N3/c23-18-3-1-4-21(22(18)26)29-11-9-27(10-12-29)6-2-7-28-8-5-16-13-19(24)20(25)14-17(16)15-28/h1,3-4,13-14H,2,5-12,15H2. The predicted octanol–water partition coefficient (Wildman–Crippen LogP) is 5.87. The quantitative estimate of drug-likeness (QED) is 0.538. The summed E-state index contributed by atoms with van der Waals surface area (Å²) in [6.07, 6.45) is 2.22. The molecule has 2 aromatic rings. The van der Waals surface area contributed by atoms with Gasteiger partial charge in [0.25, 0.3) is 0 Å². The van der Waals surface area contributed by atoms with E-state index in [0.717, 1.165) is 64.5 Å². The van der Waals surface area contributed by atoms with Crippen molar-refractivity contribution < 1.29 is 0 Å². The molecule has 0 aromatic heterocycles. The monoisotopic (exact) mass is 471 g/mol. The normalized spacial score (nSPS) is 18.1. The molecule has 2 aliphatic heterocycles. The SMILES string of the molecule is Clc1cc2c(cc1Cl)CN(CCCN1CCN(c3cccc(Cl)c3Cl)CC1)CC2. The first-order valence-corrected chi connectivity index (χ1v) is 11.6. The van der Waals surface area contributed by atoms with Crippen LogP contribution in [0.25, 0.3) is 0 Å². The van der Waals surface area contributed by atoms with Crippen molar-refractivity contribution >= 4 is 52.1 Å². The third kappa shape index (κ3) is 5.15. The molecule has 7 heteroatoms. The number of piperazine rings is 1. The van der Waals surface area contributed by atoms with Crippen LogP contribution in [-0.2, 0) is 13.0 Å². The smallest absolute Gasteiger partial charge is 0.0825 e. The number of fused-ring (bicyclic) bond motifs is 1. The molecule has 2 heterocycles. The van der Waals surface area contributed by atoms with Crippen molar-refractivity contribution in [1.82, 2.24) is 9.80 Å². The van der Waals surface area contributed by atoms with Crippen LogP contribution in [0.3, 0.4) is 0 Å². The first-order valence-electron chi connectivity index (χ1n) is 10.1. The second-order valence-electron chi connectivity index (χ2n) is 7.82. The van der Waals surface area contributed by atoms with E-state index < -0.39 is 0 Å². The Morgan fingerprint density at radius 3 is 2.17 bits per heavy atom. The van der Waals surface area contributed by atoms with E-state index >= 15 is 0 Å². The zero-order valence-electron chi connectivity index (χ0n) is 16.3. The molecular formula is C22H25Cl4N3. The Morgan fingerprint density at radius 1 is 0.724 bits per heavy atom. The van der Waals surface area contributed by atoms with E-state index in [2.05, 4.69) is 20.8 Å². The fourth-order valence-corrected chi connectivity index (χ4v) is 5.05. The van der Waals surface area contributed by atoms with Gasteiger partial charge in [0, 0.05) is 39.3 Å². The fraction of sp³-hybridized carbons (Fsp3) is 0.455. The maximum atomic E-state index is 6.38. The summed E-state index contributed by atoms with van der Waals surface area (Å²) in [5, 5.41) is 2.61. The molecule has 4 rings (SSSR count). The van der Waals surface area contributed by atoms with Gasteiger partial charge in [-0.2, -0.15) is 0 Å². The van der Waals surface area contributed by atoms with Gasteiger partial charge in [-0.1, -0.05) is 52.5 Å². The molecule has 2 aliphatic rings. The van der Waals surface area contributed by atoms with Crippen LogP contribution >= 0.6 is 46.4 Å². The van der Waals surface area contributed by atoms with Crippen LogP contribution in [0.1, 0.15) is 17.5 Å². The third-order valence-electron chi connectivity index (χ3n) is 5.93. The molecule has 3 nitrogen and oxygen atoms in total. The van der Waals surface area contributed by atoms with Crippen LogP contribution in [-0.4, -0.2) is 55.6 Å². The van der Waals surface area contributed by atoms with Gasteiger partial charge >= 0.3 is 0 Å². The zero-order valence-corrected chi connectivity index (χ0v) is 19.3. The lowest BCUT2D eigenvalue weighted by Gasteiger charge is -2.37. The van der Waals surface area contributed by atoms with Crippen LogP contribution in [0.5, 0.6) is 0 Å². The molecule has 0 bridgehead atoms. The molecule has 0 radical (unpaired) electrons. The summed E-state index contributed by atoms with van der Waals surface area (Å²) in [5.74, 6) is 0. The van der Waals surface area contributed by atoms with Crippen LogP contribution < -0.4 is 4.90 Å². The number of nitrogens with zero attached hydrogens (tertiary/aromatic N) is 3. The molecule has 0 N–H and O–H groups in total. The maximum absolute atomic E-state index is 6.38. The molecule has 0 atom stereocenters. The van der Waals surface area contributed by atoms with Crippen LogP contribution in [0, 0.1) is 0 Å². The number of rotatable bonds is 5. The summed E-state index contributed by atoms with van der Waals surface area (Å²) in [7, 11) is 0. The lowest BCUT2D eigenvalue weighted by Crippen LogP contribution is -2.47. The molecule has 29 heavy (non-hydrogen) atoms. The van der Waals surface area contributed by atoms with Crippen molar-refractivity contribution in [2.45, 2.75) is 19.4 Å². The number of benzene rings is 2. The van der Waals surface area contributed by atoms with Crippen molar-refractivity contribution in [3.8, 4) is 0 Å². The average Bonchev–Trinajstić information content (AvgIpc) is 2.72. The van der Waals surface area contributed by atoms with Gasteiger partial charge in [0.2, 0.25) is 0 Å². The van der Waals surface area contributed by atoms with Gasteiger partial charge in [0.1, 0.15) is 0 Å². The van der Waals surface area contributed by atoms with Crippen LogP contribution in [0.15, 0.2) is 30.3 Å². The first kappa shape index (κ1) is 21.5. The molecule has 156 valence electrons. The molecule has 1 fully saturated rings. The van der Waals surface area contributed by atoms with Gasteiger partial charge in [-0.05, 0) is 61.3 Å². The second-order valence-corrected chi connectivity index (χ2v) is 9.42. The van der Waals surface area contributed by atoms with Gasteiger partial charge in [0.15, 0.2) is 0 Å². The van der Waals surface area contributed by atoms with Crippen molar-refractivity contribution in [2.24, 2.45) is 0 Å². The Kier molecular flexibility index (Phi) is 7.16. The number of halogens is 4. The summed E-state index contributed by atoms with van der Waals surface area (Å²) in [6, 6.07) is 9.92. The lowest BCUT2D eigenvalue weighted by atomic mass is 10.00. The first-order chi connectivity index (χ1) is 14.0. The Labute approximate surface area is 193 Å². The highest BCUT2D eigenvalue weighted by Gasteiger charge is 2.21. The summed E-state index contributed by atoms with van der Waals surface area (Å²) < 4.78 is 0. The topological polar surface area (TPSA) is 9.72 Å². The molecule has 0 unspecified atom stereocenters. The minimum Gasteiger partial charge on any atom is -0.368 e. The van der Waals surface area contributed by atoms with Crippen molar-refractivity contribution in [3.63, 3.8) is 0 Å². The Morgan fingerprint density at radius 2 is 1.41 bits per heavy atom. The number of hydrogen-bond acceptors (Lipinski definition) is 3. The van der Waals surface area contributed by atoms with E-state index in [1.54, 1.807) is 0 Å². The van der Waals surface area contributed by atoms with Crippen molar-refractivity contribution in [3.05, 3.63) is 61.5 Å². The van der Waals surface area contributed by atoms with Crippen LogP contribution in [0.4, 0.5) is 5.69 Å². The largest absolute Gasteiger partial charge is 0.368 e. The fourth-order valence-electron chi connectivity index (χ4n) is 4.27. The Bertz CT molecular complexity index is 865. The zero-order chi connectivity index (χ0) is 20.4. The minimum absolute atomic E-state index is 0.623. The summed E-state index contributed by atoms with van der Waals surface area (Å²) in [4.78, 5) is 7.40. The molecule has 1 saturated heterocycles. The van der Waals surface area contributed by atoms with E-state index in [1.165, 1.54) is 17.5 Å². The second kappa shape index (κ2) is 9.64. The minimum atomic E-state index is 0.623. The lowest BCUT2D eigenvalue weighted by molar-refractivity contribution is 0.210. The molecular weight excluding hydrogens is 448 g/mol. The van der Waals surface area contributed by atoms with Gasteiger partial charge < -0.3 is 4.90 Å². The average molecular weight is 473 g/mol. The summed E-state index contributed by atoms with van der Waals surface area (Å²) in [5.41, 5.74) is 3.70. The van der Waals surface area contributed by atoms with E-state index in [1.807, 2.05) is 24.3 Å². The molecule has 2 aromatic carbocycles. The molecule has 0 amide bonds. The van der Waals surface area contributed by atoms with Crippen molar-refractivity contribution in [1.29, 1.82) is 0 Å². The summed E-state index contributed by atoms with van der Waals surface area (Å²) in [6.45, 7) is 8.37. The van der Waals surface area contributed by atoms with E-state index in [9.17, 15) is 0 Å². The van der Waals surface area contributed by atoms with Gasteiger partial charge in [-0.3, -0.25) is 9.80 Å².